The van der Waals surface area contributed by atoms with Crippen molar-refractivity contribution in [2.45, 2.75) is 26.3 Å². The molecule has 25 heavy (non-hydrogen) atoms. The Labute approximate surface area is 148 Å². The van der Waals surface area contributed by atoms with Gasteiger partial charge in [-0.25, -0.2) is 4.99 Å². The molecule has 0 saturated carbocycles. The van der Waals surface area contributed by atoms with Gasteiger partial charge in [-0.3, -0.25) is 14.9 Å². The fourth-order valence-electron chi connectivity index (χ4n) is 2.95. The number of aliphatic imine (C=N–C) groups is 1. The molecule has 2 aliphatic heterocycles. The summed E-state index contributed by atoms with van der Waals surface area (Å²) in [6.45, 7) is 7.44. The van der Waals surface area contributed by atoms with Crippen LogP contribution in [0.15, 0.2) is 23.2 Å². The first-order valence-electron chi connectivity index (χ1n) is 8.61. The summed E-state index contributed by atoms with van der Waals surface area (Å²) in [4.78, 5) is 33.4. The second-order valence-corrected chi connectivity index (χ2v) is 6.80. The van der Waals surface area contributed by atoms with Crippen molar-refractivity contribution in [2.24, 2.45) is 4.99 Å². The van der Waals surface area contributed by atoms with Crippen molar-refractivity contribution in [3.8, 4) is 0 Å². The quantitative estimate of drug-likeness (QED) is 0.830. The van der Waals surface area contributed by atoms with E-state index in [2.05, 4.69) is 27.6 Å². The Morgan fingerprint density at radius 1 is 1.20 bits per heavy atom. The Morgan fingerprint density at radius 2 is 1.92 bits per heavy atom. The van der Waals surface area contributed by atoms with Gasteiger partial charge >= 0.3 is 0 Å². The lowest BCUT2D eigenvalue weighted by Crippen LogP contribution is -2.55. The number of piperazine rings is 1. The lowest BCUT2D eigenvalue weighted by atomic mass is 10.1. The van der Waals surface area contributed by atoms with Gasteiger partial charge in [0.05, 0.1) is 6.42 Å². The van der Waals surface area contributed by atoms with Gasteiger partial charge in [-0.05, 0) is 44.2 Å². The largest absolute Gasteiger partial charge is 0.340 e. The molecule has 1 fully saturated rings. The third-order valence-electron chi connectivity index (χ3n) is 4.79. The lowest BCUT2D eigenvalue weighted by molar-refractivity contribution is -0.125. The highest BCUT2D eigenvalue weighted by Crippen LogP contribution is 2.16. The van der Waals surface area contributed by atoms with E-state index in [1.54, 1.807) is 0 Å². The van der Waals surface area contributed by atoms with E-state index in [0.29, 0.717) is 5.96 Å². The summed E-state index contributed by atoms with van der Waals surface area (Å²) < 4.78 is 0. The van der Waals surface area contributed by atoms with E-state index < -0.39 is 6.04 Å². The molecule has 0 spiro atoms. The third kappa shape index (κ3) is 4.17. The van der Waals surface area contributed by atoms with Crippen LogP contribution in [0.3, 0.4) is 0 Å². The fourth-order valence-corrected chi connectivity index (χ4v) is 2.95. The first kappa shape index (κ1) is 17.4. The van der Waals surface area contributed by atoms with Crippen molar-refractivity contribution >= 4 is 23.5 Å². The summed E-state index contributed by atoms with van der Waals surface area (Å²) in [5.74, 6) is 0.110. The van der Waals surface area contributed by atoms with Gasteiger partial charge in [0.2, 0.25) is 17.8 Å². The van der Waals surface area contributed by atoms with Crippen molar-refractivity contribution in [3.63, 3.8) is 0 Å². The van der Waals surface area contributed by atoms with Gasteiger partial charge < -0.3 is 15.1 Å². The van der Waals surface area contributed by atoms with Crippen LogP contribution in [0, 0.1) is 13.8 Å². The number of hydrogen-bond acceptors (Lipinski definition) is 5. The number of nitrogens with one attached hydrogen (secondary N) is 2. The van der Waals surface area contributed by atoms with Crippen molar-refractivity contribution in [1.82, 2.24) is 15.1 Å². The molecular weight excluding hydrogens is 318 g/mol. The first-order chi connectivity index (χ1) is 11.9. The minimum atomic E-state index is -0.690. The molecule has 1 unspecified atom stereocenters. The maximum Gasteiger partial charge on any atom is 0.249 e. The zero-order valence-corrected chi connectivity index (χ0v) is 15.0. The van der Waals surface area contributed by atoms with Gasteiger partial charge in [-0.2, -0.15) is 0 Å². The van der Waals surface area contributed by atoms with E-state index in [9.17, 15) is 9.59 Å². The number of guanidine groups is 1. The van der Waals surface area contributed by atoms with Crippen LogP contribution in [0.25, 0.3) is 0 Å². The van der Waals surface area contributed by atoms with Crippen molar-refractivity contribution in [1.29, 1.82) is 0 Å². The number of aryl methyl sites for hydroxylation is 2. The van der Waals surface area contributed by atoms with Crippen LogP contribution in [0.2, 0.25) is 0 Å². The Morgan fingerprint density at radius 3 is 2.60 bits per heavy atom. The molecule has 0 radical (unpaired) electrons. The Bertz CT molecular complexity index is 707. The second kappa shape index (κ2) is 7.23. The van der Waals surface area contributed by atoms with E-state index in [1.165, 1.54) is 5.56 Å². The maximum atomic E-state index is 12.6. The number of carbonyl (C=O) groups excluding carboxylic acids is 2. The Balaban J connectivity index is 1.71. The highest BCUT2D eigenvalue weighted by Gasteiger charge is 2.30. The summed E-state index contributed by atoms with van der Waals surface area (Å²) >= 11 is 0. The lowest BCUT2D eigenvalue weighted by Gasteiger charge is -2.36. The van der Waals surface area contributed by atoms with Crippen molar-refractivity contribution in [3.05, 3.63) is 29.3 Å². The number of likely N-dealkylation sites (N-methyl/N-ethyl adjacent to an activating group) is 1. The fraction of sp³-hybridized carbons (Fsp3) is 0.500. The molecule has 0 aliphatic carbocycles. The molecule has 2 heterocycles. The van der Waals surface area contributed by atoms with Crippen molar-refractivity contribution in [2.75, 3.05) is 38.5 Å². The van der Waals surface area contributed by atoms with Gasteiger partial charge in [0.15, 0.2) is 0 Å². The predicted octanol–water partition coefficient (Wildman–Crippen LogP) is 0.734. The number of nitrogens with zero attached hydrogens (tertiary/aromatic N) is 3. The first-order valence-corrected chi connectivity index (χ1v) is 8.61. The van der Waals surface area contributed by atoms with E-state index in [-0.39, 0.29) is 18.2 Å². The molecule has 1 aromatic carbocycles. The highest BCUT2D eigenvalue weighted by molar-refractivity contribution is 6.06. The highest BCUT2D eigenvalue weighted by atomic mass is 16.2. The maximum absolute atomic E-state index is 12.6. The molecule has 0 bridgehead atoms. The van der Waals surface area contributed by atoms with E-state index in [1.807, 2.05) is 36.9 Å². The number of anilines is 1. The zero-order valence-electron chi connectivity index (χ0n) is 15.0. The minimum absolute atomic E-state index is 0.0773. The molecule has 3 rings (SSSR count). The normalized spacial score (nSPS) is 21.6. The van der Waals surface area contributed by atoms with E-state index in [0.717, 1.165) is 37.4 Å². The Kier molecular flexibility index (Phi) is 5.03. The smallest absolute Gasteiger partial charge is 0.249 e. The van der Waals surface area contributed by atoms with Crippen LogP contribution in [0.1, 0.15) is 17.5 Å². The monoisotopic (exact) mass is 343 g/mol. The van der Waals surface area contributed by atoms with Gasteiger partial charge in [-0.15, -0.1) is 0 Å². The summed E-state index contributed by atoms with van der Waals surface area (Å²) in [5.41, 5.74) is 3.02. The summed E-state index contributed by atoms with van der Waals surface area (Å²) in [5, 5.41) is 5.68. The number of hydrogen-bond donors (Lipinski definition) is 2. The van der Waals surface area contributed by atoms with Crippen molar-refractivity contribution < 1.29 is 9.59 Å². The summed E-state index contributed by atoms with van der Waals surface area (Å²) in [6.07, 6.45) is 0.0773. The molecule has 2 N–H and O–H groups in total. The molecule has 7 heteroatoms. The van der Waals surface area contributed by atoms with Gasteiger partial charge in [0.1, 0.15) is 6.04 Å². The number of rotatable bonds is 2. The minimum Gasteiger partial charge on any atom is -0.340 e. The summed E-state index contributed by atoms with van der Waals surface area (Å²) in [6, 6.07) is 5.08. The number of carbonyl (C=O) groups is 2. The molecule has 0 aromatic heterocycles. The number of amides is 2. The van der Waals surface area contributed by atoms with Crippen LogP contribution >= 0.6 is 0 Å². The van der Waals surface area contributed by atoms with Crippen LogP contribution in [-0.4, -0.2) is 66.8 Å². The second-order valence-electron chi connectivity index (χ2n) is 6.80. The molecule has 1 saturated heterocycles. The molecule has 1 aromatic rings. The molecule has 7 nitrogen and oxygen atoms in total. The molecule has 134 valence electrons. The molecule has 1 atom stereocenters. The van der Waals surface area contributed by atoms with Crippen LogP contribution in [0.4, 0.5) is 5.69 Å². The van der Waals surface area contributed by atoms with Crippen LogP contribution in [0.5, 0.6) is 0 Å². The predicted molar refractivity (Wildman–Crippen MR) is 97.6 cm³/mol. The zero-order chi connectivity index (χ0) is 18.0. The van der Waals surface area contributed by atoms with Crippen LogP contribution in [-0.2, 0) is 9.59 Å². The van der Waals surface area contributed by atoms with Gasteiger partial charge in [0, 0.05) is 31.9 Å². The standard InChI is InChI=1S/C18H25N5O2/c1-12-4-5-14(10-13(12)2)19-17(25)15-11-16(24)21-18(20-15)23-8-6-22(3)7-9-23/h4-5,10,15H,6-9,11H2,1-3H3,(H,19,25)(H,20,21,24). The average Bonchev–Trinajstić information content (AvgIpc) is 2.58. The summed E-state index contributed by atoms with van der Waals surface area (Å²) in [7, 11) is 2.07. The van der Waals surface area contributed by atoms with E-state index in [4.69, 9.17) is 0 Å². The third-order valence-corrected chi connectivity index (χ3v) is 4.79. The molecular formula is C18H25N5O2. The van der Waals surface area contributed by atoms with Gasteiger partial charge in [0.25, 0.3) is 0 Å². The average molecular weight is 343 g/mol. The van der Waals surface area contributed by atoms with E-state index >= 15 is 0 Å². The Hall–Kier alpha value is -2.41. The molecule has 2 aliphatic rings. The van der Waals surface area contributed by atoms with Crippen LogP contribution < -0.4 is 10.6 Å². The molecule has 2 amide bonds. The SMILES string of the molecule is Cc1ccc(NC(=O)C2CC(=O)NC(N3CCN(C)CC3)=N2)cc1C. The topological polar surface area (TPSA) is 77.0 Å². The van der Waals surface area contributed by atoms with Gasteiger partial charge in [-0.1, -0.05) is 6.07 Å². The number of benzene rings is 1.